The Kier molecular flexibility index (Phi) is 3.24. The van der Waals surface area contributed by atoms with E-state index in [4.69, 9.17) is 15.2 Å². The van der Waals surface area contributed by atoms with Gasteiger partial charge in [0.1, 0.15) is 11.5 Å². The number of methoxy groups -OCH3 is 2. The van der Waals surface area contributed by atoms with Crippen LogP contribution in [0, 0.1) is 0 Å². The highest BCUT2D eigenvalue weighted by atomic mass is 16.5. The molecule has 4 heteroatoms. The molecule has 92 valence electrons. The predicted molar refractivity (Wildman–Crippen MR) is 68.9 cm³/mol. The van der Waals surface area contributed by atoms with Crippen LogP contribution in [0.2, 0.25) is 0 Å². The van der Waals surface area contributed by atoms with Crippen LogP contribution in [0.5, 0.6) is 11.5 Å². The third kappa shape index (κ3) is 1.96. The highest BCUT2D eigenvalue weighted by Gasteiger charge is 2.15. The Morgan fingerprint density at radius 1 is 1.29 bits per heavy atom. The summed E-state index contributed by atoms with van der Waals surface area (Å²) in [6.07, 6.45) is 1.99. The van der Waals surface area contributed by atoms with E-state index in [-0.39, 0.29) is 0 Å². The van der Waals surface area contributed by atoms with Gasteiger partial charge in [-0.3, -0.25) is 0 Å². The minimum absolute atomic E-state index is 0.297. The van der Waals surface area contributed by atoms with Gasteiger partial charge in [0.05, 0.1) is 19.7 Å². The number of aromatic nitrogens is 1. The van der Waals surface area contributed by atoms with Crippen molar-refractivity contribution in [2.24, 2.45) is 5.73 Å². The van der Waals surface area contributed by atoms with Crippen LogP contribution >= 0.6 is 0 Å². The van der Waals surface area contributed by atoms with E-state index in [1.807, 2.05) is 18.3 Å². The van der Waals surface area contributed by atoms with Gasteiger partial charge in [-0.05, 0) is 18.0 Å². The van der Waals surface area contributed by atoms with Gasteiger partial charge < -0.3 is 20.2 Å². The molecular formula is C13H18N2O2. The zero-order valence-electron chi connectivity index (χ0n) is 10.4. The van der Waals surface area contributed by atoms with Crippen LogP contribution in [0.4, 0.5) is 0 Å². The third-order valence-electron chi connectivity index (χ3n) is 3.09. The molecule has 0 aliphatic carbocycles. The van der Waals surface area contributed by atoms with E-state index < -0.39 is 0 Å². The van der Waals surface area contributed by atoms with Crippen molar-refractivity contribution in [1.82, 2.24) is 4.98 Å². The van der Waals surface area contributed by atoms with E-state index in [0.29, 0.717) is 12.5 Å². The molecule has 1 unspecified atom stereocenters. The van der Waals surface area contributed by atoms with Crippen molar-refractivity contribution in [2.75, 3.05) is 20.8 Å². The molecule has 0 radical (unpaired) electrons. The summed E-state index contributed by atoms with van der Waals surface area (Å²) in [7, 11) is 3.31. The van der Waals surface area contributed by atoms with Gasteiger partial charge in [-0.15, -0.1) is 0 Å². The molecule has 0 amide bonds. The Morgan fingerprint density at radius 2 is 2.06 bits per heavy atom. The Bertz CT molecular complexity index is 519. The van der Waals surface area contributed by atoms with E-state index in [9.17, 15) is 0 Å². The summed E-state index contributed by atoms with van der Waals surface area (Å²) in [4.78, 5) is 3.24. The van der Waals surface area contributed by atoms with E-state index in [2.05, 4.69) is 11.9 Å². The fourth-order valence-corrected chi connectivity index (χ4v) is 2.02. The number of aromatic amines is 1. The molecule has 17 heavy (non-hydrogen) atoms. The lowest BCUT2D eigenvalue weighted by Crippen LogP contribution is -2.08. The first-order valence-electron chi connectivity index (χ1n) is 5.64. The largest absolute Gasteiger partial charge is 0.497 e. The van der Waals surface area contributed by atoms with Crippen LogP contribution in [0.1, 0.15) is 18.4 Å². The van der Waals surface area contributed by atoms with Crippen LogP contribution in [0.25, 0.3) is 10.9 Å². The standard InChI is InChI=1S/C13H18N2O2/c1-8(6-14)10-7-15-11-4-9(16-2)5-12(17-3)13(10)11/h4-5,7-8,15H,6,14H2,1-3H3. The number of ether oxygens (including phenoxy) is 2. The number of hydrogen-bond donors (Lipinski definition) is 2. The van der Waals surface area contributed by atoms with E-state index in [0.717, 1.165) is 22.4 Å². The molecule has 1 atom stereocenters. The molecule has 0 aliphatic rings. The molecule has 0 spiro atoms. The first kappa shape index (κ1) is 11.8. The molecule has 0 saturated heterocycles. The number of nitrogens with two attached hydrogens (primary N) is 1. The first-order valence-corrected chi connectivity index (χ1v) is 5.64. The van der Waals surface area contributed by atoms with Gasteiger partial charge in [-0.2, -0.15) is 0 Å². The Balaban J connectivity index is 2.66. The van der Waals surface area contributed by atoms with Gasteiger partial charge in [0.15, 0.2) is 0 Å². The molecule has 3 N–H and O–H groups in total. The lowest BCUT2D eigenvalue weighted by atomic mass is 10.00. The monoisotopic (exact) mass is 234 g/mol. The maximum atomic E-state index is 5.72. The summed E-state index contributed by atoms with van der Waals surface area (Å²) < 4.78 is 10.7. The average Bonchev–Trinajstić information content (AvgIpc) is 2.80. The lowest BCUT2D eigenvalue weighted by Gasteiger charge is -2.11. The van der Waals surface area contributed by atoms with Crippen LogP contribution < -0.4 is 15.2 Å². The smallest absolute Gasteiger partial charge is 0.132 e. The number of rotatable bonds is 4. The summed E-state index contributed by atoms with van der Waals surface area (Å²) in [5.41, 5.74) is 7.92. The molecule has 2 aromatic rings. The molecule has 1 heterocycles. The van der Waals surface area contributed by atoms with E-state index >= 15 is 0 Å². The molecule has 0 aliphatic heterocycles. The van der Waals surface area contributed by atoms with Crippen molar-refractivity contribution in [3.8, 4) is 11.5 Å². The average molecular weight is 234 g/mol. The summed E-state index contributed by atoms with van der Waals surface area (Å²) in [6, 6.07) is 3.85. The van der Waals surface area contributed by atoms with E-state index in [1.165, 1.54) is 5.56 Å². The molecule has 2 rings (SSSR count). The molecule has 0 bridgehead atoms. The Labute approximate surface area is 101 Å². The zero-order valence-corrected chi connectivity index (χ0v) is 10.4. The SMILES string of the molecule is COc1cc(OC)c2c(C(C)CN)c[nH]c2c1. The summed E-state index contributed by atoms with van der Waals surface area (Å²) in [6.45, 7) is 2.72. The topological polar surface area (TPSA) is 60.3 Å². The quantitative estimate of drug-likeness (QED) is 0.853. The Morgan fingerprint density at radius 3 is 2.65 bits per heavy atom. The molecule has 0 saturated carbocycles. The van der Waals surface area contributed by atoms with Crippen molar-refractivity contribution in [3.63, 3.8) is 0 Å². The minimum atomic E-state index is 0.297. The molecule has 1 aromatic carbocycles. The van der Waals surface area contributed by atoms with Crippen LogP contribution in [-0.4, -0.2) is 25.7 Å². The molecule has 4 nitrogen and oxygen atoms in total. The van der Waals surface area contributed by atoms with Crippen LogP contribution in [0.3, 0.4) is 0 Å². The van der Waals surface area contributed by atoms with Gasteiger partial charge in [0, 0.05) is 23.7 Å². The predicted octanol–water partition coefficient (Wildman–Crippen LogP) is 2.25. The molecule has 1 aromatic heterocycles. The number of H-pyrrole nitrogens is 1. The van der Waals surface area contributed by atoms with Gasteiger partial charge in [-0.1, -0.05) is 6.92 Å². The van der Waals surface area contributed by atoms with Crippen LogP contribution in [0.15, 0.2) is 18.3 Å². The second-order valence-electron chi connectivity index (χ2n) is 4.13. The van der Waals surface area contributed by atoms with Crippen molar-refractivity contribution in [2.45, 2.75) is 12.8 Å². The van der Waals surface area contributed by atoms with Crippen LogP contribution in [-0.2, 0) is 0 Å². The highest BCUT2D eigenvalue weighted by molar-refractivity contribution is 5.91. The van der Waals surface area contributed by atoms with Gasteiger partial charge in [-0.25, -0.2) is 0 Å². The van der Waals surface area contributed by atoms with Gasteiger partial charge >= 0.3 is 0 Å². The number of benzene rings is 1. The Hall–Kier alpha value is -1.68. The summed E-state index contributed by atoms with van der Waals surface area (Å²) in [5.74, 6) is 1.89. The minimum Gasteiger partial charge on any atom is -0.497 e. The molecular weight excluding hydrogens is 216 g/mol. The maximum absolute atomic E-state index is 5.72. The molecule has 0 fully saturated rings. The summed E-state index contributed by atoms with van der Waals surface area (Å²) >= 11 is 0. The second kappa shape index (κ2) is 4.67. The normalized spacial score (nSPS) is 12.7. The van der Waals surface area contributed by atoms with Crippen molar-refractivity contribution in [3.05, 3.63) is 23.9 Å². The van der Waals surface area contributed by atoms with Crippen molar-refractivity contribution in [1.29, 1.82) is 0 Å². The zero-order chi connectivity index (χ0) is 12.4. The van der Waals surface area contributed by atoms with Gasteiger partial charge in [0.25, 0.3) is 0 Å². The van der Waals surface area contributed by atoms with Crippen molar-refractivity contribution >= 4 is 10.9 Å². The summed E-state index contributed by atoms with van der Waals surface area (Å²) in [5, 5.41) is 1.09. The highest BCUT2D eigenvalue weighted by Crippen LogP contribution is 2.36. The lowest BCUT2D eigenvalue weighted by molar-refractivity contribution is 0.397. The number of hydrogen-bond acceptors (Lipinski definition) is 3. The second-order valence-corrected chi connectivity index (χ2v) is 4.13. The number of fused-ring (bicyclic) bond motifs is 1. The maximum Gasteiger partial charge on any atom is 0.132 e. The van der Waals surface area contributed by atoms with Gasteiger partial charge in [0.2, 0.25) is 0 Å². The third-order valence-corrected chi connectivity index (χ3v) is 3.09. The van der Waals surface area contributed by atoms with E-state index in [1.54, 1.807) is 14.2 Å². The van der Waals surface area contributed by atoms with Crippen molar-refractivity contribution < 1.29 is 9.47 Å². The fourth-order valence-electron chi connectivity index (χ4n) is 2.02. The first-order chi connectivity index (χ1) is 8.21. The fraction of sp³-hybridized carbons (Fsp3) is 0.385. The number of nitrogens with one attached hydrogen (secondary N) is 1.